The zero-order chi connectivity index (χ0) is 17.5. The minimum Gasteiger partial charge on any atom is -0.382 e. The number of carbonyl (C=O) groups excluding carboxylic acids is 1. The first-order chi connectivity index (χ1) is 11.8. The van der Waals surface area contributed by atoms with Gasteiger partial charge >= 0.3 is 0 Å². The van der Waals surface area contributed by atoms with Gasteiger partial charge in [0.05, 0.1) is 13.2 Å². The predicted molar refractivity (Wildman–Crippen MR) is 112 cm³/mol. The molecule has 0 aliphatic heterocycles. The maximum Gasteiger partial charge on any atom is 0.242 e. The van der Waals surface area contributed by atoms with Crippen molar-refractivity contribution in [3.8, 4) is 0 Å². The van der Waals surface area contributed by atoms with Crippen LogP contribution < -0.4 is 16.0 Å². The second-order valence-corrected chi connectivity index (χ2v) is 5.98. The van der Waals surface area contributed by atoms with E-state index in [0.717, 1.165) is 32.4 Å². The number of nitrogens with one attached hydrogen (secondary N) is 3. The van der Waals surface area contributed by atoms with Gasteiger partial charge in [0.25, 0.3) is 0 Å². The average Bonchev–Trinajstić information content (AvgIpc) is 2.59. The molecule has 3 N–H and O–H groups in total. The smallest absolute Gasteiger partial charge is 0.242 e. The van der Waals surface area contributed by atoms with E-state index in [2.05, 4.69) is 20.9 Å². The maximum atomic E-state index is 12.0. The molecule has 0 atom stereocenters. The third kappa shape index (κ3) is 13.3. The van der Waals surface area contributed by atoms with Crippen molar-refractivity contribution in [2.75, 3.05) is 46.6 Å². The molecule has 0 saturated heterocycles. The standard InChI is InChI=1S/C17H34N4O3.HI/c1-3-18-17(19-10-7-11-24-13-12-23-2)20-14-16(22)21-15-8-5-4-6-9-15;/h15H,3-14H2,1-2H3,(H,21,22)(H2,18,19,20);1H. The van der Waals surface area contributed by atoms with Crippen LogP contribution in [0.1, 0.15) is 45.4 Å². The molecule has 1 rings (SSSR count). The van der Waals surface area contributed by atoms with Crippen molar-refractivity contribution >= 4 is 35.8 Å². The normalized spacial score (nSPS) is 15.4. The van der Waals surface area contributed by atoms with Crippen molar-refractivity contribution in [1.29, 1.82) is 0 Å². The van der Waals surface area contributed by atoms with Crippen LogP contribution in [0.15, 0.2) is 4.99 Å². The molecule has 7 nitrogen and oxygen atoms in total. The third-order valence-corrected chi connectivity index (χ3v) is 3.88. The summed E-state index contributed by atoms with van der Waals surface area (Å²) in [5.74, 6) is 0.676. The Labute approximate surface area is 169 Å². The number of hydrogen-bond acceptors (Lipinski definition) is 4. The van der Waals surface area contributed by atoms with Crippen molar-refractivity contribution in [2.45, 2.75) is 51.5 Å². The molecule has 0 aromatic rings. The summed E-state index contributed by atoms with van der Waals surface area (Å²) >= 11 is 0. The number of nitrogens with zero attached hydrogens (tertiary/aromatic N) is 1. The largest absolute Gasteiger partial charge is 0.382 e. The van der Waals surface area contributed by atoms with Gasteiger partial charge in [0.2, 0.25) is 5.91 Å². The van der Waals surface area contributed by atoms with E-state index in [0.29, 0.717) is 31.8 Å². The number of ether oxygens (including phenoxy) is 2. The van der Waals surface area contributed by atoms with E-state index in [-0.39, 0.29) is 36.4 Å². The lowest BCUT2D eigenvalue weighted by Gasteiger charge is -2.22. The Hall–Kier alpha value is -0.610. The number of halogens is 1. The van der Waals surface area contributed by atoms with Crippen LogP contribution in [0.25, 0.3) is 0 Å². The fraction of sp³-hybridized carbons (Fsp3) is 0.882. The molecule has 1 saturated carbocycles. The maximum absolute atomic E-state index is 12.0. The van der Waals surface area contributed by atoms with Crippen LogP contribution in [0.4, 0.5) is 0 Å². The summed E-state index contributed by atoms with van der Waals surface area (Å²) in [7, 11) is 1.66. The Morgan fingerprint density at radius 1 is 1.12 bits per heavy atom. The zero-order valence-corrected chi connectivity index (χ0v) is 18.0. The lowest BCUT2D eigenvalue weighted by atomic mass is 9.95. The number of methoxy groups -OCH3 is 1. The summed E-state index contributed by atoms with van der Waals surface area (Å²) in [4.78, 5) is 16.3. The fourth-order valence-corrected chi connectivity index (χ4v) is 2.64. The molecule has 1 fully saturated rings. The SMILES string of the molecule is CCNC(=NCC(=O)NC1CCCCC1)NCCCOCCOC.I. The highest BCUT2D eigenvalue weighted by Crippen LogP contribution is 2.17. The predicted octanol–water partition coefficient (Wildman–Crippen LogP) is 1.66. The Morgan fingerprint density at radius 2 is 1.88 bits per heavy atom. The first-order valence-corrected chi connectivity index (χ1v) is 9.14. The Kier molecular flexibility index (Phi) is 16.4. The van der Waals surface area contributed by atoms with E-state index in [1.165, 1.54) is 19.3 Å². The Balaban J connectivity index is 0.00000576. The van der Waals surface area contributed by atoms with Gasteiger partial charge in [-0.1, -0.05) is 19.3 Å². The van der Waals surface area contributed by atoms with E-state index in [1.54, 1.807) is 7.11 Å². The number of rotatable bonds is 11. The van der Waals surface area contributed by atoms with E-state index < -0.39 is 0 Å². The van der Waals surface area contributed by atoms with E-state index >= 15 is 0 Å². The fourth-order valence-electron chi connectivity index (χ4n) is 2.64. The molecule has 8 heteroatoms. The van der Waals surface area contributed by atoms with E-state index in [1.807, 2.05) is 6.92 Å². The van der Waals surface area contributed by atoms with Gasteiger partial charge in [-0.05, 0) is 26.2 Å². The first kappa shape index (κ1) is 24.4. The second kappa shape index (κ2) is 16.8. The molecule has 0 heterocycles. The minimum absolute atomic E-state index is 0. The molecular weight excluding hydrogens is 435 g/mol. The summed E-state index contributed by atoms with van der Waals surface area (Å²) < 4.78 is 10.3. The van der Waals surface area contributed by atoms with Crippen LogP contribution in [-0.4, -0.2) is 64.5 Å². The van der Waals surface area contributed by atoms with Gasteiger partial charge < -0.3 is 25.4 Å². The van der Waals surface area contributed by atoms with Gasteiger partial charge in [0.15, 0.2) is 5.96 Å². The van der Waals surface area contributed by atoms with E-state index in [9.17, 15) is 4.79 Å². The molecule has 25 heavy (non-hydrogen) atoms. The molecule has 1 aliphatic carbocycles. The summed E-state index contributed by atoms with van der Waals surface area (Å²) in [5.41, 5.74) is 0. The van der Waals surface area contributed by atoms with Crippen LogP contribution in [0.5, 0.6) is 0 Å². The number of amides is 1. The second-order valence-electron chi connectivity index (χ2n) is 5.98. The lowest BCUT2D eigenvalue weighted by molar-refractivity contribution is -0.120. The Bertz CT molecular complexity index is 364. The van der Waals surface area contributed by atoms with Crippen LogP contribution >= 0.6 is 24.0 Å². The van der Waals surface area contributed by atoms with Crippen molar-refractivity contribution in [3.63, 3.8) is 0 Å². The summed E-state index contributed by atoms with van der Waals surface area (Å²) in [6.07, 6.45) is 6.78. The molecular formula is C17H35IN4O3. The Morgan fingerprint density at radius 3 is 2.56 bits per heavy atom. The summed E-state index contributed by atoms with van der Waals surface area (Å²) in [5, 5.41) is 9.45. The molecule has 1 aliphatic rings. The molecule has 0 radical (unpaired) electrons. The van der Waals surface area contributed by atoms with Gasteiger partial charge in [0, 0.05) is 32.8 Å². The lowest BCUT2D eigenvalue weighted by Crippen LogP contribution is -2.41. The first-order valence-electron chi connectivity index (χ1n) is 9.14. The topological polar surface area (TPSA) is 84.0 Å². The number of carbonyl (C=O) groups is 1. The molecule has 1 amide bonds. The van der Waals surface area contributed by atoms with Crippen molar-refractivity contribution < 1.29 is 14.3 Å². The summed E-state index contributed by atoms with van der Waals surface area (Å²) in [6.45, 7) is 5.60. The van der Waals surface area contributed by atoms with Crippen LogP contribution in [0.2, 0.25) is 0 Å². The van der Waals surface area contributed by atoms with Gasteiger partial charge in [-0.15, -0.1) is 24.0 Å². The number of guanidine groups is 1. The van der Waals surface area contributed by atoms with Gasteiger partial charge in [-0.25, -0.2) is 4.99 Å². The van der Waals surface area contributed by atoms with Crippen LogP contribution in [0.3, 0.4) is 0 Å². The molecule has 0 aromatic heterocycles. The number of aliphatic imine (C=N–C) groups is 1. The quantitative estimate of drug-likeness (QED) is 0.185. The average molecular weight is 470 g/mol. The molecule has 0 bridgehead atoms. The van der Waals surface area contributed by atoms with Crippen molar-refractivity contribution in [1.82, 2.24) is 16.0 Å². The zero-order valence-electron chi connectivity index (χ0n) is 15.6. The van der Waals surface area contributed by atoms with Crippen LogP contribution in [-0.2, 0) is 14.3 Å². The van der Waals surface area contributed by atoms with Crippen molar-refractivity contribution in [3.05, 3.63) is 0 Å². The highest BCUT2D eigenvalue weighted by Gasteiger charge is 2.15. The molecule has 0 unspecified atom stereocenters. The third-order valence-electron chi connectivity index (χ3n) is 3.88. The molecule has 148 valence electrons. The highest BCUT2D eigenvalue weighted by molar-refractivity contribution is 14.0. The van der Waals surface area contributed by atoms with E-state index in [4.69, 9.17) is 9.47 Å². The molecule has 0 spiro atoms. The summed E-state index contributed by atoms with van der Waals surface area (Å²) in [6, 6.07) is 0.334. The highest BCUT2D eigenvalue weighted by atomic mass is 127. The van der Waals surface area contributed by atoms with Gasteiger partial charge in [0.1, 0.15) is 6.54 Å². The van der Waals surface area contributed by atoms with Gasteiger partial charge in [-0.3, -0.25) is 4.79 Å². The number of hydrogen-bond donors (Lipinski definition) is 3. The van der Waals surface area contributed by atoms with Crippen molar-refractivity contribution in [2.24, 2.45) is 4.99 Å². The van der Waals surface area contributed by atoms with Crippen LogP contribution in [0, 0.1) is 0 Å². The molecule has 0 aromatic carbocycles. The minimum atomic E-state index is 0. The monoisotopic (exact) mass is 470 g/mol. The van der Waals surface area contributed by atoms with Gasteiger partial charge in [-0.2, -0.15) is 0 Å².